The normalized spacial score (nSPS) is 11.9. The van der Waals surface area contributed by atoms with Crippen LogP contribution in [0.2, 0.25) is 0 Å². The number of nitrogens with zero attached hydrogens (tertiary/aromatic N) is 4. The van der Waals surface area contributed by atoms with Crippen molar-refractivity contribution in [1.29, 1.82) is 0 Å². The van der Waals surface area contributed by atoms with E-state index in [0.29, 0.717) is 5.16 Å². The number of rotatable bonds is 8. The Morgan fingerprint density at radius 2 is 1.72 bits per heavy atom. The molecule has 1 unspecified atom stereocenters. The maximum absolute atomic E-state index is 12.4. The molecule has 2 aromatic carbocycles. The van der Waals surface area contributed by atoms with Crippen LogP contribution >= 0.6 is 11.8 Å². The van der Waals surface area contributed by atoms with Gasteiger partial charge >= 0.3 is 5.97 Å². The fraction of sp³-hybridized carbons (Fsp3) is 0.318. The number of esters is 1. The molecule has 0 bridgehead atoms. The molecule has 152 valence electrons. The van der Waals surface area contributed by atoms with Gasteiger partial charge in [0.15, 0.2) is 11.0 Å². The van der Waals surface area contributed by atoms with Crippen LogP contribution < -0.4 is 4.90 Å². The molecule has 0 saturated heterocycles. The molecule has 7 heteroatoms. The van der Waals surface area contributed by atoms with Crippen LogP contribution in [-0.2, 0) is 16.6 Å². The smallest absolute Gasteiger partial charge is 0.323 e. The first-order chi connectivity index (χ1) is 14.1. The summed E-state index contributed by atoms with van der Waals surface area (Å²) >= 11 is 1.34. The molecular weight excluding hydrogens is 384 g/mol. The number of carbonyl (C=O) groups is 1. The van der Waals surface area contributed by atoms with Crippen LogP contribution in [0.25, 0.3) is 11.4 Å². The van der Waals surface area contributed by atoms with E-state index < -0.39 is 5.25 Å². The topological polar surface area (TPSA) is 60.3 Å². The Kier molecular flexibility index (Phi) is 6.93. The van der Waals surface area contributed by atoms with Gasteiger partial charge in [0.25, 0.3) is 0 Å². The molecule has 0 fully saturated rings. The highest BCUT2D eigenvalue weighted by atomic mass is 32.2. The summed E-state index contributed by atoms with van der Waals surface area (Å²) in [5.74, 6) is 0.449. The lowest BCUT2D eigenvalue weighted by atomic mass is 10.1. The average Bonchev–Trinajstić information content (AvgIpc) is 3.13. The quantitative estimate of drug-likeness (QED) is 0.407. The largest absolute Gasteiger partial charge is 0.468 e. The van der Waals surface area contributed by atoms with E-state index in [-0.39, 0.29) is 5.97 Å². The second-order valence-corrected chi connectivity index (χ2v) is 7.59. The van der Waals surface area contributed by atoms with Gasteiger partial charge in [-0.05, 0) is 43.7 Å². The third-order valence-corrected chi connectivity index (χ3v) is 6.10. The summed E-state index contributed by atoms with van der Waals surface area (Å²) in [5, 5.41) is 8.84. The molecule has 0 saturated carbocycles. The number of hydrogen-bond donors (Lipinski definition) is 0. The van der Waals surface area contributed by atoms with Crippen molar-refractivity contribution in [1.82, 2.24) is 14.8 Å². The summed E-state index contributed by atoms with van der Waals surface area (Å²) in [6, 6.07) is 17.9. The summed E-state index contributed by atoms with van der Waals surface area (Å²) in [7, 11) is 3.31. The molecule has 3 aromatic rings. The van der Waals surface area contributed by atoms with Gasteiger partial charge in [0, 0.05) is 31.4 Å². The summed E-state index contributed by atoms with van der Waals surface area (Å²) in [4.78, 5) is 14.7. The highest BCUT2D eigenvalue weighted by Crippen LogP contribution is 2.36. The van der Waals surface area contributed by atoms with Gasteiger partial charge in [-0.15, -0.1) is 10.2 Å². The van der Waals surface area contributed by atoms with Gasteiger partial charge < -0.3 is 14.2 Å². The number of benzene rings is 2. The predicted molar refractivity (Wildman–Crippen MR) is 117 cm³/mol. The van der Waals surface area contributed by atoms with Crippen LogP contribution in [0.1, 0.15) is 24.7 Å². The van der Waals surface area contributed by atoms with Gasteiger partial charge in [0.05, 0.1) is 7.11 Å². The van der Waals surface area contributed by atoms with Gasteiger partial charge in [-0.2, -0.15) is 0 Å². The molecule has 0 aliphatic rings. The fourth-order valence-electron chi connectivity index (χ4n) is 3.17. The Labute approximate surface area is 175 Å². The molecule has 0 radical (unpaired) electrons. The minimum Gasteiger partial charge on any atom is -0.468 e. The highest BCUT2D eigenvalue weighted by molar-refractivity contribution is 8.00. The number of thioether (sulfide) groups is 1. The maximum atomic E-state index is 12.4. The lowest BCUT2D eigenvalue weighted by Gasteiger charge is -2.21. The number of carbonyl (C=O) groups excluding carboxylic acids is 1. The van der Waals surface area contributed by atoms with E-state index in [2.05, 4.69) is 53.2 Å². The first-order valence-corrected chi connectivity index (χ1v) is 10.5. The van der Waals surface area contributed by atoms with Gasteiger partial charge in [-0.1, -0.05) is 42.1 Å². The van der Waals surface area contributed by atoms with E-state index in [1.807, 2.05) is 41.9 Å². The van der Waals surface area contributed by atoms with Crippen LogP contribution in [0.3, 0.4) is 0 Å². The molecule has 1 heterocycles. The molecular formula is C22H26N4O2S. The van der Waals surface area contributed by atoms with Crippen LogP contribution in [-0.4, -0.2) is 40.9 Å². The van der Waals surface area contributed by atoms with Crippen molar-refractivity contribution >= 4 is 23.4 Å². The van der Waals surface area contributed by atoms with Crippen molar-refractivity contribution in [3.05, 3.63) is 60.2 Å². The predicted octanol–water partition coefficient (Wildman–Crippen LogP) is 4.33. The standard InChI is InChI=1S/C22H26N4O2S/c1-5-26(6-2)18-14-12-17(13-15-18)20-23-24-22(25(20)3)29-19(21(27)28-4)16-10-8-7-9-11-16/h7-15,19H,5-6H2,1-4H3. The molecule has 0 amide bonds. The highest BCUT2D eigenvalue weighted by Gasteiger charge is 2.25. The second-order valence-electron chi connectivity index (χ2n) is 6.52. The second kappa shape index (κ2) is 9.60. The minimum atomic E-state index is -0.498. The van der Waals surface area contributed by atoms with Crippen LogP contribution in [0.15, 0.2) is 59.8 Å². The van der Waals surface area contributed by atoms with Crippen molar-refractivity contribution in [2.45, 2.75) is 24.3 Å². The van der Waals surface area contributed by atoms with Gasteiger partial charge in [-0.25, -0.2) is 0 Å². The van der Waals surface area contributed by atoms with E-state index in [1.54, 1.807) is 0 Å². The number of ether oxygens (including phenoxy) is 1. The Morgan fingerprint density at radius 3 is 2.31 bits per heavy atom. The summed E-state index contributed by atoms with van der Waals surface area (Å²) in [6.07, 6.45) is 0. The van der Waals surface area contributed by atoms with Crippen LogP contribution in [0, 0.1) is 0 Å². The molecule has 0 spiro atoms. The number of anilines is 1. The molecule has 29 heavy (non-hydrogen) atoms. The third-order valence-electron chi connectivity index (χ3n) is 4.83. The van der Waals surface area contributed by atoms with E-state index in [4.69, 9.17) is 4.74 Å². The molecule has 0 aliphatic carbocycles. The van der Waals surface area contributed by atoms with Crippen LogP contribution in [0.4, 0.5) is 5.69 Å². The zero-order valence-electron chi connectivity index (χ0n) is 17.2. The van der Waals surface area contributed by atoms with E-state index in [1.165, 1.54) is 24.6 Å². The monoisotopic (exact) mass is 410 g/mol. The fourth-order valence-corrected chi connectivity index (χ4v) is 4.20. The summed E-state index contributed by atoms with van der Waals surface area (Å²) in [5.41, 5.74) is 3.04. The third kappa shape index (κ3) is 4.62. The summed E-state index contributed by atoms with van der Waals surface area (Å²) in [6.45, 7) is 6.23. The number of methoxy groups -OCH3 is 1. The first-order valence-electron chi connectivity index (χ1n) is 9.63. The zero-order chi connectivity index (χ0) is 20.8. The maximum Gasteiger partial charge on any atom is 0.323 e. The van der Waals surface area contributed by atoms with Crippen molar-refractivity contribution in [2.24, 2.45) is 7.05 Å². The van der Waals surface area contributed by atoms with E-state index in [9.17, 15) is 4.79 Å². The summed E-state index contributed by atoms with van der Waals surface area (Å²) < 4.78 is 6.92. The first kappa shape index (κ1) is 20.9. The Balaban J connectivity index is 1.86. The molecule has 0 N–H and O–H groups in total. The van der Waals surface area contributed by atoms with E-state index >= 15 is 0 Å². The Hall–Kier alpha value is -2.80. The van der Waals surface area contributed by atoms with Crippen molar-refractivity contribution < 1.29 is 9.53 Å². The molecule has 0 aliphatic heterocycles. The number of hydrogen-bond acceptors (Lipinski definition) is 6. The zero-order valence-corrected chi connectivity index (χ0v) is 18.0. The minimum absolute atomic E-state index is 0.311. The number of aromatic nitrogens is 3. The Bertz CT molecular complexity index is 937. The SMILES string of the molecule is CCN(CC)c1ccc(-c2nnc(SC(C(=O)OC)c3ccccc3)n2C)cc1. The molecule has 1 atom stereocenters. The van der Waals surface area contributed by atoms with Crippen molar-refractivity contribution in [2.75, 3.05) is 25.1 Å². The Morgan fingerprint density at radius 1 is 1.07 bits per heavy atom. The van der Waals surface area contributed by atoms with Gasteiger partial charge in [0.2, 0.25) is 0 Å². The molecule has 6 nitrogen and oxygen atoms in total. The molecule has 1 aromatic heterocycles. The lowest BCUT2D eigenvalue weighted by molar-refractivity contribution is -0.140. The van der Waals surface area contributed by atoms with Gasteiger partial charge in [0.1, 0.15) is 5.25 Å². The van der Waals surface area contributed by atoms with Gasteiger partial charge in [-0.3, -0.25) is 4.79 Å². The van der Waals surface area contributed by atoms with Crippen molar-refractivity contribution in [3.8, 4) is 11.4 Å². The van der Waals surface area contributed by atoms with E-state index in [0.717, 1.165) is 30.0 Å². The van der Waals surface area contributed by atoms with Crippen LogP contribution in [0.5, 0.6) is 0 Å². The average molecular weight is 411 g/mol. The van der Waals surface area contributed by atoms with Crippen molar-refractivity contribution in [3.63, 3.8) is 0 Å². The molecule has 3 rings (SSSR count). The lowest BCUT2D eigenvalue weighted by Crippen LogP contribution is -2.21.